The summed E-state index contributed by atoms with van der Waals surface area (Å²) < 4.78 is 15.4. The molecule has 0 aliphatic heterocycles. The first kappa shape index (κ1) is 18.6. The third-order valence-electron chi connectivity index (χ3n) is 2.08. The second-order valence-corrected chi connectivity index (χ2v) is 5.92. The van der Waals surface area contributed by atoms with E-state index in [-0.39, 0.29) is 37.4 Å². The number of ether oxygens (including phenoxy) is 3. The van der Waals surface area contributed by atoms with Crippen LogP contribution in [-0.2, 0) is 23.8 Å². The molecule has 0 heterocycles. The van der Waals surface area contributed by atoms with Crippen molar-refractivity contribution in [3.8, 4) is 0 Å². The summed E-state index contributed by atoms with van der Waals surface area (Å²) >= 11 is 7.93. The normalized spacial score (nSPS) is 17.2. The van der Waals surface area contributed by atoms with E-state index in [9.17, 15) is 9.59 Å². The van der Waals surface area contributed by atoms with E-state index in [0.29, 0.717) is 0 Å². The quantitative estimate of drug-likeness (QED) is 0.525. The van der Waals surface area contributed by atoms with Crippen LogP contribution in [0.15, 0.2) is 0 Å². The van der Waals surface area contributed by atoms with Gasteiger partial charge in [-0.05, 0) is 27.7 Å². The largest absolute Gasteiger partial charge is 0.462 e. The standard InChI is InChI=1S/C12H22O5S2/c1-7(5-16-11(13)9(3)18)15-6-8(2)17-12(14)10(4)19/h7-10,18-19H,5-6H2,1-4H3. The van der Waals surface area contributed by atoms with Gasteiger partial charge in [-0.25, -0.2) is 0 Å². The number of carbonyl (C=O) groups is 2. The summed E-state index contributed by atoms with van der Waals surface area (Å²) in [5.74, 6) is -0.774. The van der Waals surface area contributed by atoms with Crippen LogP contribution in [0, 0.1) is 0 Å². The molecule has 0 aliphatic rings. The molecule has 0 amide bonds. The topological polar surface area (TPSA) is 61.8 Å². The average molecular weight is 310 g/mol. The van der Waals surface area contributed by atoms with Gasteiger partial charge in [-0.3, -0.25) is 9.59 Å². The van der Waals surface area contributed by atoms with Gasteiger partial charge in [0.05, 0.1) is 23.2 Å². The van der Waals surface area contributed by atoms with Crippen LogP contribution >= 0.6 is 25.3 Å². The Bertz CT molecular complexity index is 294. The average Bonchev–Trinajstić information content (AvgIpc) is 2.32. The zero-order valence-corrected chi connectivity index (χ0v) is 13.4. The maximum Gasteiger partial charge on any atom is 0.318 e. The van der Waals surface area contributed by atoms with Gasteiger partial charge < -0.3 is 14.2 Å². The van der Waals surface area contributed by atoms with Crippen molar-refractivity contribution in [2.24, 2.45) is 0 Å². The van der Waals surface area contributed by atoms with Crippen LogP contribution in [0.5, 0.6) is 0 Å². The first-order chi connectivity index (χ1) is 8.73. The van der Waals surface area contributed by atoms with Gasteiger partial charge in [0, 0.05) is 0 Å². The van der Waals surface area contributed by atoms with E-state index in [1.807, 2.05) is 0 Å². The van der Waals surface area contributed by atoms with E-state index in [0.717, 1.165) is 0 Å². The molecule has 0 rings (SSSR count). The highest BCUT2D eigenvalue weighted by molar-refractivity contribution is 7.81. The Morgan fingerprint density at radius 1 is 0.895 bits per heavy atom. The molecule has 5 nitrogen and oxygen atoms in total. The molecule has 4 atom stereocenters. The summed E-state index contributed by atoms with van der Waals surface area (Å²) in [6.07, 6.45) is -0.644. The third kappa shape index (κ3) is 9.18. The molecule has 112 valence electrons. The summed E-state index contributed by atoms with van der Waals surface area (Å²) in [7, 11) is 0. The van der Waals surface area contributed by atoms with Crippen LogP contribution in [0.2, 0.25) is 0 Å². The maximum absolute atomic E-state index is 11.3. The van der Waals surface area contributed by atoms with Gasteiger partial charge in [0.1, 0.15) is 12.7 Å². The highest BCUT2D eigenvalue weighted by Gasteiger charge is 2.16. The highest BCUT2D eigenvalue weighted by Crippen LogP contribution is 2.03. The number of esters is 2. The lowest BCUT2D eigenvalue weighted by Crippen LogP contribution is -2.28. The van der Waals surface area contributed by atoms with Gasteiger partial charge in [0.2, 0.25) is 0 Å². The summed E-state index contributed by atoms with van der Waals surface area (Å²) in [6.45, 7) is 7.15. The monoisotopic (exact) mass is 310 g/mol. The molecule has 0 aromatic rings. The summed E-state index contributed by atoms with van der Waals surface area (Å²) in [6, 6.07) is 0. The fourth-order valence-electron chi connectivity index (χ4n) is 0.999. The van der Waals surface area contributed by atoms with Crippen molar-refractivity contribution in [2.45, 2.75) is 50.4 Å². The van der Waals surface area contributed by atoms with E-state index < -0.39 is 10.5 Å². The number of hydrogen-bond acceptors (Lipinski definition) is 7. The lowest BCUT2D eigenvalue weighted by Gasteiger charge is -2.18. The smallest absolute Gasteiger partial charge is 0.318 e. The Morgan fingerprint density at radius 2 is 1.42 bits per heavy atom. The number of rotatable bonds is 8. The van der Waals surface area contributed by atoms with Gasteiger partial charge in [-0.1, -0.05) is 0 Å². The number of hydrogen-bond donors (Lipinski definition) is 2. The van der Waals surface area contributed by atoms with E-state index in [2.05, 4.69) is 25.3 Å². The molecule has 0 bridgehead atoms. The van der Waals surface area contributed by atoms with Gasteiger partial charge in [0.25, 0.3) is 0 Å². The predicted octanol–water partition coefficient (Wildman–Crippen LogP) is 1.50. The van der Waals surface area contributed by atoms with Crippen LogP contribution in [0.25, 0.3) is 0 Å². The second-order valence-electron chi connectivity index (χ2n) is 4.37. The van der Waals surface area contributed by atoms with Crippen molar-refractivity contribution in [3.63, 3.8) is 0 Å². The molecule has 0 aliphatic carbocycles. The Kier molecular flexibility index (Phi) is 9.30. The summed E-state index contributed by atoms with van der Waals surface area (Å²) in [4.78, 5) is 22.4. The molecule has 0 aromatic carbocycles. The minimum absolute atomic E-state index is 0.146. The Morgan fingerprint density at radius 3 is 1.89 bits per heavy atom. The van der Waals surface area contributed by atoms with Gasteiger partial charge in [-0.2, -0.15) is 25.3 Å². The van der Waals surface area contributed by atoms with Crippen LogP contribution < -0.4 is 0 Å². The lowest BCUT2D eigenvalue weighted by molar-refractivity contribution is -0.153. The second kappa shape index (κ2) is 9.50. The molecule has 7 heteroatoms. The molecular weight excluding hydrogens is 288 g/mol. The first-order valence-corrected chi connectivity index (χ1v) is 7.12. The van der Waals surface area contributed by atoms with Gasteiger partial charge in [-0.15, -0.1) is 0 Å². The van der Waals surface area contributed by atoms with Crippen molar-refractivity contribution in [3.05, 3.63) is 0 Å². The van der Waals surface area contributed by atoms with Gasteiger partial charge >= 0.3 is 11.9 Å². The Hall–Kier alpha value is -0.400. The van der Waals surface area contributed by atoms with Crippen molar-refractivity contribution in [1.82, 2.24) is 0 Å². The molecule has 0 radical (unpaired) electrons. The van der Waals surface area contributed by atoms with Crippen molar-refractivity contribution in [1.29, 1.82) is 0 Å². The molecule has 4 unspecified atom stereocenters. The highest BCUT2D eigenvalue weighted by atomic mass is 32.1. The minimum Gasteiger partial charge on any atom is -0.462 e. The maximum atomic E-state index is 11.3. The van der Waals surface area contributed by atoms with E-state index >= 15 is 0 Å². The molecule has 0 saturated carbocycles. The van der Waals surface area contributed by atoms with Crippen LogP contribution in [0.1, 0.15) is 27.7 Å². The molecule has 0 aromatic heterocycles. The molecule has 0 saturated heterocycles. The zero-order chi connectivity index (χ0) is 15.0. The zero-order valence-electron chi connectivity index (χ0n) is 11.7. The van der Waals surface area contributed by atoms with E-state index in [1.54, 1.807) is 27.7 Å². The lowest BCUT2D eigenvalue weighted by atomic mass is 10.4. The first-order valence-electron chi connectivity index (χ1n) is 6.08. The van der Waals surface area contributed by atoms with Crippen molar-refractivity contribution < 1.29 is 23.8 Å². The fourth-order valence-corrected chi connectivity index (χ4v) is 1.13. The van der Waals surface area contributed by atoms with Crippen molar-refractivity contribution in [2.75, 3.05) is 13.2 Å². The third-order valence-corrected chi connectivity index (χ3v) is 2.50. The van der Waals surface area contributed by atoms with E-state index in [1.165, 1.54) is 0 Å². The van der Waals surface area contributed by atoms with Crippen LogP contribution in [-0.4, -0.2) is 47.9 Å². The molecule has 0 fully saturated rings. The Labute approximate surface area is 125 Å². The van der Waals surface area contributed by atoms with Crippen molar-refractivity contribution >= 4 is 37.2 Å². The van der Waals surface area contributed by atoms with Crippen LogP contribution in [0.4, 0.5) is 0 Å². The van der Waals surface area contributed by atoms with Crippen LogP contribution in [0.3, 0.4) is 0 Å². The Balaban J connectivity index is 3.81. The molecular formula is C12H22O5S2. The van der Waals surface area contributed by atoms with Gasteiger partial charge in [0.15, 0.2) is 0 Å². The number of carbonyl (C=O) groups excluding carboxylic acids is 2. The minimum atomic E-state index is -0.460. The summed E-state index contributed by atoms with van der Waals surface area (Å²) in [5.41, 5.74) is 0. The number of thiol groups is 2. The SMILES string of the molecule is CC(COC(=O)C(C)S)OCC(C)OC(=O)C(C)S. The van der Waals surface area contributed by atoms with E-state index in [4.69, 9.17) is 14.2 Å². The molecule has 0 spiro atoms. The molecule has 0 N–H and O–H groups in total. The fraction of sp³-hybridized carbons (Fsp3) is 0.833. The molecule has 19 heavy (non-hydrogen) atoms. The summed E-state index contributed by atoms with van der Waals surface area (Å²) in [5, 5.41) is -0.915. The predicted molar refractivity (Wildman–Crippen MR) is 78.8 cm³/mol.